The minimum Gasteiger partial charge on any atom is -0.480 e. The minimum absolute atomic E-state index is 0.420. The fourth-order valence-electron chi connectivity index (χ4n) is 2.07. The molecule has 2 aromatic rings. The molecule has 1 heterocycles. The second-order valence-corrected chi connectivity index (χ2v) is 4.53. The number of aliphatic carboxylic acids is 1. The van der Waals surface area contributed by atoms with Gasteiger partial charge in [0.25, 0.3) is 0 Å². The van der Waals surface area contributed by atoms with Gasteiger partial charge in [0.15, 0.2) is 6.04 Å². The Balaban J connectivity index is 2.44. The third-order valence-corrected chi connectivity index (χ3v) is 3.00. The van der Waals surface area contributed by atoms with Crippen LogP contribution in [0.25, 0.3) is 11.3 Å². The number of hydrogen-bond donors (Lipinski definition) is 3. The molecule has 19 heavy (non-hydrogen) atoms. The molecule has 0 saturated carbocycles. The molecule has 0 fully saturated rings. The number of carbonyl (C=O) groups is 1. The van der Waals surface area contributed by atoms with Crippen LogP contribution < -0.4 is 5.32 Å². The minimum atomic E-state index is -0.952. The van der Waals surface area contributed by atoms with E-state index in [9.17, 15) is 4.79 Å². The van der Waals surface area contributed by atoms with Crippen LogP contribution in [0.4, 0.5) is 0 Å². The molecular weight excluding hydrogens is 242 g/mol. The molecule has 2 rings (SSSR count). The second kappa shape index (κ2) is 5.24. The highest BCUT2D eigenvalue weighted by atomic mass is 16.4. The first-order valence-electron chi connectivity index (χ1n) is 6.06. The van der Waals surface area contributed by atoms with Gasteiger partial charge < -0.3 is 15.4 Å². The van der Waals surface area contributed by atoms with E-state index in [1.165, 1.54) is 0 Å². The number of H-pyrrole nitrogens is 1. The quantitative estimate of drug-likeness (QED) is 0.785. The van der Waals surface area contributed by atoms with Crippen molar-refractivity contribution in [3.05, 3.63) is 41.3 Å². The number of benzene rings is 1. The fraction of sp³-hybridized carbons (Fsp3) is 0.286. The van der Waals surface area contributed by atoms with Gasteiger partial charge in [0, 0.05) is 11.3 Å². The molecule has 1 aromatic heterocycles. The van der Waals surface area contributed by atoms with Crippen molar-refractivity contribution in [3.8, 4) is 11.3 Å². The van der Waals surface area contributed by atoms with E-state index in [-0.39, 0.29) is 0 Å². The largest absolute Gasteiger partial charge is 0.480 e. The number of hydrogen-bond acceptors (Lipinski definition) is 3. The Morgan fingerprint density at radius 2 is 2.16 bits per heavy atom. The summed E-state index contributed by atoms with van der Waals surface area (Å²) in [6.07, 6.45) is 0. The molecule has 0 spiro atoms. The molecule has 5 nitrogen and oxygen atoms in total. The average Bonchev–Trinajstić information content (AvgIpc) is 2.71. The van der Waals surface area contributed by atoms with Gasteiger partial charge in [-0.05, 0) is 27.0 Å². The van der Waals surface area contributed by atoms with Gasteiger partial charge in [-0.2, -0.15) is 0 Å². The Bertz CT molecular complexity index is 604. The van der Waals surface area contributed by atoms with Crippen molar-refractivity contribution >= 4 is 5.97 Å². The summed E-state index contributed by atoms with van der Waals surface area (Å²) >= 11 is 0. The maximum absolute atomic E-state index is 11.1. The van der Waals surface area contributed by atoms with Crippen LogP contribution in [0.3, 0.4) is 0 Å². The van der Waals surface area contributed by atoms with E-state index in [1.54, 1.807) is 7.05 Å². The first kappa shape index (κ1) is 13.3. The number of aromatic nitrogens is 2. The lowest BCUT2D eigenvalue weighted by atomic mass is 10.1. The van der Waals surface area contributed by atoms with Crippen molar-refractivity contribution in [2.45, 2.75) is 19.9 Å². The number of carboxylic acids is 1. The number of carboxylic acid groups (broad SMARTS) is 1. The van der Waals surface area contributed by atoms with Gasteiger partial charge in [0.05, 0.1) is 5.69 Å². The zero-order chi connectivity index (χ0) is 14.0. The first-order chi connectivity index (χ1) is 9.02. The summed E-state index contributed by atoms with van der Waals surface area (Å²) in [5, 5.41) is 11.8. The molecule has 1 unspecified atom stereocenters. The zero-order valence-corrected chi connectivity index (χ0v) is 11.2. The highest BCUT2D eigenvalue weighted by Gasteiger charge is 2.22. The molecule has 0 radical (unpaired) electrons. The Kier molecular flexibility index (Phi) is 3.66. The Labute approximate surface area is 111 Å². The van der Waals surface area contributed by atoms with E-state index in [1.807, 2.05) is 38.1 Å². The normalized spacial score (nSPS) is 12.4. The molecule has 0 saturated heterocycles. The molecule has 0 aliphatic heterocycles. The third-order valence-electron chi connectivity index (χ3n) is 3.00. The standard InChI is InChI=1S/C14H17N3O2/c1-8-5-4-6-10(7-8)11-9(2)16-13(17-11)12(15-3)14(18)19/h4-7,12,15H,1-3H3,(H,16,17)(H,18,19). The maximum Gasteiger partial charge on any atom is 0.328 e. The van der Waals surface area contributed by atoms with Crippen LogP contribution in [0.1, 0.15) is 23.1 Å². The fourth-order valence-corrected chi connectivity index (χ4v) is 2.07. The van der Waals surface area contributed by atoms with Crippen molar-refractivity contribution < 1.29 is 9.90 Å². The Hall–Kier alpha value is -2.14. The van der Waals surface area contributed by atoms with Crippen LogP contribution in [0.5, 0.6) is 0 Å². The van der Waals surface area contributed by atoms with E-state index in [0.29, 0.717) is 5.82 Å². The van der Waals surface area contributed by atoms with Gasteiger partial charge >= 0.3 is 5.97 Å². The number of nitrogens with zero attached hydrogens (tertiary/aromatic N) is 1. The van der Waals surface area contributed by atoms with E-state index < -0.39 is 12.0 Å². The number of aromatic amines is 1. The summed E-state index contributed by atoms with van der Waals surface area (Å²) in [6.45, 7) is 3.91. The number of imidazole rings is 1. The molecule has 5 heteroatoms. The molecule has 0 aliphatic rings. The molecule has 0 bridgehead atoms. The molecule has 1 aromatic carbocycles. The van der Waals surface area contributed by atoms with E-state index in [2.05, 4.69) is 15.3 Å². The number of rotatable bonds is 4. The summed E-state index contributed by atoms with van der Waals surface area (Å²) in [4.78, 5) is 18.6. The van der Waals surface area contributed by atoms with Crippen molar-refractivity contribution in [2.24, 2.45) is 0 Å². The third kappa shape index (κ3) is 2.66. The zero-order valence-electron chi connectivity index (χ0n) is 11.2. The maximum atomic E-state index is 11.1. The van der Waals surface area contributed by atoms with Crippen LogP contribution in [-0.4, -0.2) is 28.1 Å². The number of nitrogens with one attached hydrogen (secondary N) is 2. The summed E-state index contributed by atoms with van der Waals surface area (Å²) in [5.74, 6) is -0.531. The average molecular weight is 259 g/mol. The first-order valence-corrected chi connectivity index (χ1v) is 6.06. The molecule has 0 aliphatic carbocycles. The smallest absolute Gasteiger partial charge is 0.328 e. The lowest BCUT2D eigenvalue weighted by Gasteiger charge is -2.06. The predicted octanol–water partition coefficient (Wildman–Crippen LogP) is 2.04. The molecule has 0 amide bonds. The summed E-state index contributed by atoms with van der Waals surface area (Å²) in [7, 11) is 1.60. The monoisotopic (exact) mass is 259 g/mol. The Morgan fingerprint density at radius 3 is 2.74 bits per heavy atom. The highest BCUT2D eigenvalue weighted by molar-refractivity contribution is 5.75. The van der Waals surface area contributed by atoms with Gasteiger partial charge in [0.1, 0.15) is 5.82 Å². The Morgan fingerprint density at radius 1 is 1.42 bits per heavy atom. The van der Waals surface area contributed by atoms with Gasteiger partial charge in [0.2, 0.25) is 0 Å². The van der Waals surface area contributed by atoms with Gasteiger partial charge in [-0.25, -0.2) is 4.98 Å². The van der Waals surface area contributed by atoms with Crippen molar-refractivity contribution in [2.75, 3.05) is 7.05 Å². The van der Waals surface area contributed by atoms with Crippen molar-refractivity contribution in [1.29, 1.82) is 0 Å². The molecule has 3 N–H and O–H groups in total. The summed E-state index contributed by atoms with van der Waals surface area (Å²) in [5.41, 5.74) is 3.78. The highest BCUT2D eigenvalue weighted by Crippen LogP contribution is 2.24. The van der Waals surface area contributed by atoms with Gasteiger partial charge in [-0.1, -0.05) is 23.8 Å². The van der Waals surface area contributed by atoms with Crippen LogP contribution in [0.15, 0.2) is 24.3 Å². The van der Waals surface area contributed by atoms with Crippen LogP contribution in [0, 0.1) is 13.8 Å². The lowest BCUT2D eigenvalue weighted by Crippen LogP contribution is -2.26. The van der Waals surface area contributed by atoms with Crippen molar-refractivity contribution in [3.63, 3.8) is 0 Å². The predicted molar refractivity (Wildman–Crippen MR) is 72.9 cm³/mol. The summed E-state index contributed by atoms with van der Waals surface area (Å²) < 4.78 is 0. The molecule has 100 valence electrons. The van der Waals surface area contributed by atoms with Crippen molar-refractivity contribution in [1.82, 2.24) is 15.3 Å². The van der Waals surface area contributed by atoms with E-state index >= 15 is 0 Å². The topological polar surface area (TPSA) is 78.0 Å². The number of likely N-dealkylation sites (N-methyl/N-ethyl adjacent to an activating group) is 1. The van der Waals surface area contributed by atoms with E-state index in [0.717, 1.165) is 22.5 Å². The second-order valence-electron chi connectivity index (χ2n) is 4.53. The number of aryl methyl sites for hydroxylation is 2. The lowest BCUT2D eigenvalue weighted by molar-refractivity contribution is -0.139. The molecule has 1 atom stereocenters. The van der Waals surface area contributed by atoms with Gasteiger partial charge in [-0.3, -0.25) is 4.79 Å². The van der Waals surface area contributed by atoms with Gasteiger partial charge in [-0.15, -0.1) is 0 Å². The van der Waals surface area contributed by atoms with Crippen LogP contribution in [0.2, 0.25) is 0 Å². The van der Waals surface area contributed by atoms with Crippen LogP contribution in [-0.2, 0) is 4.79 Å². The SMILES string of the molecule is CNC(C(=O)O)c1nc(-c2cccc(C)c2)c(C)[nH]1. The summed E-state index contributed by atoms with van der Waals surface area (Å²) in [6, 6.07) is 7.15. The van der Waals surface area contributed by atoms with E-state index in [4.69, 9.17) is 5.11 Å². The molecular formula is C14H17N3O2. The van der Waals surface area contributed by atoms with Crippen LogP contribution >= 0.6 is 0 Å².